The first-order valence-electron chi connectivity index (χ1n) is 8.82. The number of nitrogens with two attached hydrogens (primary N) is 1. The van der Waals surface area contributed by atoms with Crippen molar-refractivity contribution in [3.63, 3.8) is 0 Å². The Morgan fingerprint density at radius 3 is 2.57 bits per heavy atom. The zero-order valence-corrected chi connectivity index (χ0v) is 16.5. The van der Waals surface area contributed by atoms with Crippen molar-refractivity contribution in [1.29, 1.82) is 0 Å². The fourth-order valence-electron chi connectivity index (χ4n) is 2.55. The maximum Gasteiger partial charge on any atom is 0.263 e. The number of nitrogen functional groups attached to an aromatic ring is 1. The molecule has 0 spiro atoms. The van der Waals surface area contributed by atoms with Crippen LogP contribution < -0.4 is 11.1 Å². The standard InChI is InChI=1S/C19H23N7O2/c1-10(2)16-24-17(28-25-16)14-9-21-19(23-15(14)20)22-12-6-7-13(11(3)8-12)18(27)26(4)5/h6-10H,1-5H3,(H3,20,21,22,23). The SMILES string of the molecule is Cc1cc(Nc2ncc(-c3nc(C(C)C)no3)c(N)n2)ccc1C(=O)N(C)C. The predicted octanol–water partition coefficient (Wildman–Crippen LogP) is 2.99. The third-order valence-corrected chi connectivity index (χ3v) is 4.13. The molecule has 146 valence electrons. The van der Waals surface area contributed by atoms with Crippen LogP contribution in [0.25, 0.3) is 11.5 Å². The van der Waals surface area contributed by atoms with Crippen molar-refractivity contribution in [2.45, 2.75) is 26.7 Å². The third-order valence-electron chi connectivity index (χ3n) is 4.13. The molecule has 1 amide bonds. The van der Waals surface area contributed by atoms with Gasteiger partial charge in [-0.1, -0.05) is 19.0 Å². The Morgan fingerprint density at radius 1 is 1.25 bits per heavy atom. The van der Waals surface area contributed by atoms with E-state index in [9.17, 15) is 4.79 Å². The average Bonchev–Trinajstić information content (AvgIpc) is 3.11. The van der Waals surface area contributed by atoms with Crippen LogP contribution in [0.15, 0.2) is 28.9 Å². The molecule has 0 saturated carbocycles. The normalized spacial score (nSPS) is 10.9. The lowest BCUT2D eigenvalue weighted by molar-refractivity contribution is 0.0827. The molecule has 9 nitrogen and oxygen atoms in total. The van der Waals surface area contributed by atoms with Gasteiger partial charge in [-0.25, -0.2) is 4.98 Å². The second-order valence-corrected chi connectivity index (χ2v) is 6.96. The lowest BCUT2D eigenvalue weighted by Gasteiger charge is -2.14. The van der Waals surface area contributed by atoms with Gasteiger partial charge < -0.3 is 20.5 Å². The number of anilines is 3. The highest BCUT2D eigenvalue weighted by molar-refractivity contribution is 5.95. The molecule has 1 aromatic carbocycles. The zero-order chi connectivity index (χ0) is 20.4. The van der Waals surface area contributed by atoms with Gasteiger partial charge in [0.25, 0.3) is 11.8 Å². The number of nitrogens with one attached hydrogen (secondary N) is 1. The fraction of sp³-hybridized carbons (Fsp3) is 0.316. The van der Waals surface area contributed by atoms with Gasteiger partial charge in [0.1, 0.15) is 11.4 Å². The van der Waals surface area contributed by atoms with Gasteiger partial charge in [0.15, 0.2) is 5.82 Å². The number of aromatic nitrogens is 4. The Labute approximate surface area is 163 Å². The van der Waals surface area contributed by atoms with Crippen LogP contribution in [0.5, 0.6) is 0 Å². The van der Waals surface area contributed by atoms with E-state index in [4.69, 9.17) is 10.3 Å². The molecule has 0 fully saturated rings. The molecule has 3 rings (SSSR count). The number of carbonyl (C=O) groups excluding carboxylic acids is 1. The maximum atomic E-state index is 12.1. The summed E-state index contributed by atoms with van der Waals surface area (Å²) in [5.41, 5.74) is 8.77. The molecular weight excluding hydrogens is 358 g/mol. The summed E-state index contributed by atoms with van der Waals surface area (Å²) < 4.78 is 5.24. The molecule has 3 N–H and O–H groups in total. The lowest BCUT2D eigenvalue weighted by atomic mass is 10.1. The second-order valence-electron chi connectivity index (χ2n) is 6.96. The highest BCUT2D eigenvalue weighted by atomic mass is 16.5. The van der Waals surface area contributed by atoms with Crippen molar-refractivity contribution in [2.75, 3.05) is 25.1 Å². The molecule has 0 aliphatic rings. The fourth-order valence-corrected chi connectivity index (χ4v) is 2.55. The van der Waals surface area contributed by atoms with Crippen LogP contribution >= 0.6 is 0 Å². The van der Waals surface area contributed by atoms with Gasteiger partial charge in [-0.15, -0.1) is 0 Å². The molecule has 2 aromatic heterocycles. The molecular formula is C19H23N7O2. The maximum absolute atomic E-state index is 12.1. The van der Waals surface area contributed by atoms with Gasteiger partial charge in [0, 0.05) is 37.5 Å². The zero-order valence-electron chi connectivity index (χ0n) is 16.5. The Balaban J connectivity index is 1.81. The van der Waals surface area contributed by atoms with E-state index in [-0.39, 0.29) is 23.5 Å². The topological polar surface area (TPSA) is 123 Å². The molecule has 0 bridgehead atoms. The number of hydrogen-bond acceptors (Lipinski definition) is 8. The summed E-state index contributed by atoms with van der Waals surface area (Å²) in [4.78, 5) is 26.5. The van der Waals surface area contributed by atoms with E-state index in [0.717, 1.165) is 11.3 Å². The summed E-state index contributed by atoms with van der Waals surface area (Å²) in [5, 5.41) is 7.01. The van der Waals surface area contributed by atoms with E-state index in [1.807, 2.05) is 26.8 Å². The largest absolute Gasteiger partial charge is 0.383 e. The molecule has 0 unspecified atom stereocenters. The quantitative estimate of drug-likeness (QED) is 0.691. The first-order chi connectivity index (χ1) is 13.3. The van der Waals surface area contributed by atoms with Crippen molar-refractivity contribution in [2.24, 2.45) is 0 Å². The van der Waals surface area contributed by atoms with E-state index in [2.05, 4.69) is 25.4 Å². The van der Waals surface area contributed by atoms with E-state index >= 15 is 0 Å². The van der Waals surface area contributed by atoms with Crippen molar-refractivity contribution < 1.29 is 9.32 Å². The number of benzene rings is 1. The van der Waals surface area contributed by atoms with Crippen molar-refractivity contribution in [3.05, 3.63) is 41.3 Å². The first kappa shape index (κ1) is 19.3. The minimum atomic E-state index is -0.0470. The minimum absolute atomic E-state index is 0.0470. The van der Waals surface area contributed by atoms with Gasteiger partial charge in [-0.2, -0.15) is 9.97 Å². The highest BCUT2D eigenvalue weighted by Gasteiger charge is 2.16. The van der Waals surface area contributed by atoms with Crippen molar-refractivity contribution in [3.8, 4) is 11.5 Å². The van der Waals surface area contributed by atoms with Crippen LogP contribution in [0.1, 0.15) is 41.5 Å². The van der Waals surface area contributed by atoms with Gasteiger partial charge in [0.2, 0.25) is 5.95 Å². The Morgan fingerprint density at radius 2 is 2.00 bits per heavy atom. The monoisotopic (exact) mass is 381 g/mol. The van der Waals surface area contributed by atoms with Gasteiger partial charge in [-0.3, -0.25) is 4.79 Å². The summed E-state index contributed by atoms with van der Waals surface area (Å²) in [6.07, 6.45) is 1.54. The van der Waals surface area contributed by atoms with E-state index < -0.39 is 0 Å². The average molecular weight is 381 g/mol. The molecule has 0 radical (unpaired) electrons. The van der Waals surface area contributed by atoms with Crippen LogP contribution in [0.4, 0.5) is 17.5 Å². The molecule has 0 saturated heterocycles. The summed E-state index contributed by atoms with van der Waals surface area (Å²) in [6.45, 7) is 5.82. The van der Waals surface area contributed by atoms with E-state index in [1.165, 1.54) is 0 Å². The number of amides is 1. The van der Waals surface area contributed by atoms with Crippen LogP contribution in [-0.4, -0.2) is 45.0 Å². The molecule has 9 heteroatoms. The number of aryl methyl sites for hydroxylation is 1. The molecule has 0 aliphatic carbocycles. The molecule has 3 aromatic rings. The Bertz CT molecular complexity index is 1010. The molecule has 0 aliphatic heterocycles. The Hall–Kier alpha value is -3.49. The number of carbonyl (C=O) groups is 1. The smallest absolute Gasteiger partial charge is 0.263 e. The van der Waals surface area contributed by atoms with Crippen LogP contribution in [0, 0.1) is 6.92 Å². The minimum Gasteiger partial charge on any atom is -0.383 e. The van der Waals surface area contributed by atoms with E-state index in [1.54, 1.807) is 37.3 Å². The lowest BCUT2D eigenvalue weighted by Crippen LogP contribution is -2.22. The van der Waals surface area contributed by atoms with Crippen molar-refractivity contribution >= 4 is 23.4 Å². The third kappa shape index (κ3) is 3.93. The first-order valence-corrected chi connectivity index (χ1v) is 8.82. The predicted molar refractivity (Wildman–Crippen MR) is 106 cm³/mol. The van der Waals surface area contributed by atoms with Crippen LogP contribution in [-0.2, 0) is 0 Å². The van der Waals surface area contributed by atoms with Crippen LogP contribution in [0.3, 0.4) is 0 Å². The highest BCUT2D eigenvalue weighted by Crippen LogP contribution is 2.26. The second kappa shape index (κ2) is 7.63. The molecule has 2 heterocycles. The van der Waals surface area contributed by atoms with E-state index in [0.29, 0.717) is 22.9 Å². The summed E-state index contributed by atoms with van der Waals surface area (Å²) in [7, 11) is 3.44. The Kier molecular flexibility index (Phi) is 5.25. The van der Waals surface area contributed by atoms with Gasteiger partial charge in [0.05, 0.1) is 0 Å². The van der Waals surface area contributed by atoms with Gasteiger partial charge in [-0.05, 0) is 30.7 Å². The number of hydrogen-bond donors (Lipinski definition) is 2. The summed E-state index contributed by atoms with van der Waals surface area (Å²) in [6, 6.07) is 5.42. The summed E-state index contributed by atoms with van der Waals surface area (Å²) >= 11 is 0. The molecule has 0 atom stereocenters. The number of rotatable bonds is 5. The van der Waals surface area contributed by atoms with Gasteiger partial charge >= 0.3 is 0 Å². The number of nitrogens with zero attached hydrogens (tertiary/aromatic N) is 5. The van der Waals surface area contributed by atoms with Crippen LogP contribution in [0.2, 0.25) is 0 Å². The molecule has 28 heavy (non-hydrogen) atoms. The summed E-state index contributed by atoms with van der Waals surface area (Å²) in [5.74, 6) is 1.54. The van der Waals surface area contributed by atoms with Crippen molar-refractivity contribution in [1.82, 2.24) is 25.0 Å².